The first-order valence-electron chi connectivity index (χ1n) is 6.75. The minimum Gasteiger partial charge on any atom is -0.395 e. The highest BCUT2D eigenvalue weighted by molar-refractivity contribution is 9.10. The lowest BCUT2D eigenvalue weighted by atomic mass is 10.1. The fourth-order valence-corrected chi connectivity index (χ4v) is 3.06. The summed E-state index contributed by atoms with van der Waals surface area (Å²) < 4.78 is 1.11. The lowest BCUT2D eigenvalue weighted by molar-refractivity contribution is 0.188. The van der Waals surface area contributed by atoms with Gasteiger partial charge in [0, 0.05) is 43.2 Å². The maximum Gasteiger partial charge on any atom is 0.0558 e. The van der Waals surface area contributed by atoms with Crippen molar-refractivity contribution in [3.05, 3.63) is 28.2 Å². The Kier molecular flexibility index (Phi) is 5.21. The van der Waals surface area contributed by atoms with E-state index in [1.54, 1.807) is 0 Å². The summed E-state index contributed by atoms with van der Waals surface area (Å²) in [5.74, 6) is 0. The van der Waals surface area contributed by atoms with Gasteiger partial charge in [-0.2, -0.15) is 0 Å². The summed E-state index contributed by atoms with van der Waals surface area (Å²) >= 11 is 3.65. The molecule has 1 aromatic carbocycles. The molecule has 1 aliphatic rings. The molecular formula is C14H22BrN3O. The monoisotopic (exact) mass is 327 g/mol. The molecule has 1 aliphatic heterocycles. The zero-order chi connectivity index (χ0) is 13.8. The molecule has 5 heteroatoms. The summed E-state index contributed by atoms with van der Waals surface area (Å²) in [5, 5.41) is 8.95. The van der Waals surface area contributed by atoms with Crippen LogP contribution in [0.1, 0.15) is 18.5 Å². The number of benzene rings is 1. The second-order valence-corrected chi connectivity index (χ2v) is 5.91. The van der Waals surface area contributed by atoms with Crippen LogP contribution in [0.2, 0.25) is 0 Å². The Labute approximate surface area is 123 Å². The number of piperazine rings is 1. The number of aliphatic hydroxyl groups is 1. The summed E-state index contributed by atoms with van der Waals surface area (Å²) in [4.78, 5) is 4.67. The van der Waals surface area contributed by atoms with Crippen molar-refractivity contribution in [2.45, 2.75) is 13.0 Å². The lowest BCUT2D eigenvalue weighted by Gasteiger charge is -2.36. The van der Waals surface area contributed by atoms with Crippen LogP contribution in [-0.4, -0.2) is 49.3 Å². The predicted octanol–water partition coefficient (Wildman–Crippen LogP) is 1.58. The molecule has 1 fully saturated rings. The molecule has 2 rings (SSSR count). The molecule has 0 aromatic heterocycles. The molecule has 0 spiro atoms. The summed E-state index contributed by atoms with van der Waals surface area (Å²) in [6.45, 7) is 7.01. The highest BCUT2D eigenvalue weighted by Gasteiger charge is 2.18. The molecule has 0 saturated carbocycles. The molecule has 1 unspecified atom stereocenters. The van der Waals surface area contributed by atoms with E-state index in [0.717, 1.165) is 42.8 Å². The summed E-state index contributed by atoms with van der Waals surface area (Å²) in [6.07, 6.45) is 0. The van der Waals surface area contributed by atoms with Crippen molar-refractivity contribution in [1.29, 1.82) is 0 Å². The topological polar surface area (TPSA) is 52.7 Å². The molecule has 0 radical (unpaired) electrons. The van der Waals surface area contributed by atoms with Crippen molar-refractivity contribution in [1.82, 2.24) is 4.90 Å². The van der Waals surface area contributed by atoms with Gasteiger partial charge < -0.3 is 15.7 Å². The smallest absolute Gasteiger partial charge is 0.0558 e. The van der Waals surface area contributed by atoms with Crippen molar-refractivity contribution in [2.75, 3.05) is 44.2 Å². The molecule has 3 N–H and O–H groups in total. The Hall–Kier alpha value is -0.620. The van der Waals surface area contributed by atoms with Crippen molar-refractivity contribution in [3.63, 3.8) is 0 Å². The number of aliphatic hydroxyl groups excluding tert-OH is 1. The highest BCUT2D eigenvalue weighted by Crippen LogP contribution is 2.29. The summed E-state index contributed by atoms with van der Waals surface area (Å²) in [5.41, 5.74) is 8.28. The minimum atomic E-state index is 0.0618. The van der Waals surface area contributed by atoms with Crippen LogP contribution in [0.25, 0.3) is 0 Å². The van der Waals surface area contributed by atoms with Gasteiger partial charge in [-0.15, -0.1) is 0 Å². The van der Waals surface area contributed by atoms with Crippen LogP contribution in [0.4, 0.5) is 5.69 Å². The quantitative estimate of drug-likeness (QED) is 0.881. The van der Waals surface area contributed by atoms with Gasteiger partial charge in [0.25, 0.3) is 0 Å². The average molecular weight is 328 g/mol. The van der Waals surface area contributed by atoms with E-state index in [1.807, 2.05) is 6.92 Å². The lowest BCUT2D eigenvalue weighted by Crippen LogP contribution is -2.47. The van der Waals surface area contributed by atoms with Gasteiger partial charge in [-0.05, 0) is 40.5 Å². The molecule has 106 valence electrons. The molecule has 1 atom stereocenters. The first-order valence-corrected chi connectivity index (χ1v) is 7.54. The van der Waals surface area contributed by atoms with Gasteiger partial charge >= 0.3 is 0 Å². The SMILES string of the molecule is CC(N)c1ccc(N2CCN(CCO)CC2)c(Br)c1. The maximum atomic E-state index is 8.95. The Balaban J connectivity index is 2.03. The molecule has 19 heavy (non-hydrogen) atoms. The fourth-order valence-electron chi connectivity index (χ4n) is 2.42. The second-order valence-electron chi connectivity index (χ2n) is 5.05. The van der Waals surface area contributed by atoms with E-state index in [-0.39, 0.29) is 12.6 Å². The van der Waals surface area contributed by atoms with Crippen LogP contribution in [0.3, 0.4) is 0 Å². The number of β-amino-alcohol motifs (C(OH)–C–C–N with tert-alkyl or cyclic N) is 1. The Morgan fingerprint density at radius 2 is 2.00 bits per heavy atom. The predicted molar refractivity (Wildman–Crippen MR) is 82.5 cm³/mol. The largest absolute Gasteiger partial charge is 0.395 e. The Morgan fingerprint density at radius 1 is 1.32 bits per heavy atom. The molecule has 0 amide bonds. The van der Waals surface area contributed by atoms with Gasteiger partial charge in [-0.3, -0.25) is 4.90 Å². The standard InChI is InChI=1S/C14H22BrN3O/c1-11(16)12-2-3-14(13(15)10-12)18-6-4-17(5-7-18)8-9-19/h2-3,10-11,19H,4-9,16H2,1H3. The number of nitrogens with two attached hydrogens (primary N) is 1. The number of nitrogens with zero attached hydrogens (tertiary/aromatic N) is 2. The van der Waals surface area contributed by atoms with Gasteiger partial charge in [0.15, 0.2) is 0 Å². The van der Waals surface area contributed by atoms with Crippen molar-refractivity contribution in [2.24, 2.45) is 5.73 Å². The van der Waals surface area contributed by atoms with E-state index in [4.69, 9.17) is 10.8 Å². The van der Waals surface area contributed by atoms with Crippen LogP contribution < -0.4 is 10.6 Å². The van der Waals surface area contributed by atoms with Crippen molar-refractivity contribution in [3.8, 4) is 0 Å². The van der Waals surface area contributed by atoms with E-state index in [9.17, 15) is 0 Å². The third-order valence-corrected chi connectivity index (χ3v) is 4.26. The second kappa shape index (κ2) is 6.70. The van der Waals surface area contributed by atoms with Gasteiger partial charge in [0.05, 0.1) is 12.3 Å². The highest BCUT2D eigenvalue weighted by atomic mass is 79.9. The van der Waals surface area contributed by atoms with Crippen LogP contribution in [-0.2, 0) is 0 Å². The van der Waals surface area contributed by atoms with E-state index < -0.39 is 0 Å². The van der Waals surface area contributed by atoms with Gasteiger partial charge in [-0.25, -0.2) is 0 Å². The maximum absolute atomic E-state index is 8.95. The third kappa shape index (κ3) is 3.69. The van der Waals surface area contributed by atoms with E-state index in [2.05, 4.69) is 43.9 Å². The van der Waals surface area contributed by atoms with Crippen LogP contribution >= 0.6 is 15.9 Å². The van der Waals surface area contributed by atoms with Gasteiger partial charge in [0.1, 0.15) is 0 Å². The first-order chi connectivity index (χ1) is 9.11. The molecule has 1 saturated heterocycles. The van der Waals surface area contributed by atoms with Crippen LogP contribution in [0, 0.1) is 0 Å². The number of anilines is 1. The Bertz CT molecular complexity index is 417. The molecule has 4 nitrogen and oxygen atoms in total. The first kappa shape index (κ1) is 14.8. The fraction of sp³-hybridized carbons (Fsp3) is 0.571. The van der Waals surface area contributed by atoms with Crippen molar-refractivity contribution < 1.29 is 5.11 Å². The minimum absolute atomic E-state index is 0.0618. The number of hydrogen-bond acceptors (Lipinski definition) is 4. The molecule has 0 bridgehead atoms. The molecule has 1 aromatic rings. The number of halogens is 1. The molecule has 0 aliphatic carbocycles. The van der Waals surface area contributed by atoms with E-state index in [1.165, 1.54) is 5.69 Å². The summed E-state index contributed by atoms with van der Waals surface area (Å²) in [7, 11) is 0. The van der Waals surface area contributed by atoms with Gasteiger partial charge in [0.2, 0.25) is 0 Å². The zero-order valence-electron chi connectivity index (χ0n) is 11.3. The van der Waals surface area contributed by atoms with Crippen LogP contribution in [0.15, 0.2) is 22.7 Å². The van der Waals surface area contributed by atoms with Gasteiger partial charge in [-0.1, -0.05) is 6.07 Å². The van der Waals surface area contributed by atoms with Crippen molar-refractivity contribution >= 4 is 21.6 Å². The zero-order valence-corrected chi connectivity index (χ0v) is 12.9. The Morgan fingerprint density at radius 3 is 2.53 bits per heavy atom. The summed E-state index contributed by atoms with van der Waals surface area (Å²) in [6, 6.07) is 6.42. The molecular weight excluding hydrogens is 306 g/mol. The molecule has 1 heterocycles. The van der Waals surface area contributed by atoms with E-state index >= 15 is 0 Å². The number of rotatable bonds is 4. The third-order valence-electron chi connectivity index (χ3n) is 3.63. The average Bonchev–Trinajstić information content (AvgIpc) is 2.40. The van der Waals surface area contributed by atoms with Crippen LogP contribution in [0.5, 0.6) is 0 Å². The van der Waals surface area contributed by atoms with E-state index in [0.29, 0.717) is 0 Å². The number of hydrogen-bond donors (Lipinski definition) is 2. The normalized spacial score (nSPS) is 18.6.